The molecule has 0 aromatic heterocycles. The minimum absolute atomic E-state index is 0.234. The largest absolute Gasteiger partial charge is 0.481 e. The number of rotatable bonds is 1. The molecule has 0 bridgehead atoms. The summed E-state index contributed by atoms with van der Waals surface area (Å²) < 4.78 is 0. The van der Waals surface area contributed by atoms with Gasteiger partial charge in [-0.05, 0) is 0 Å². The lowest BCUT2D eigenvalue weighted by Gasteiger charge is -2.03. The molecule has 2 N–H and O–H groups in total. The van der Waals surface area contributed by atoms with Crippen molar-refractivity contribution in [3.05, 3.63) is 0 Å². The molecule has 1 saturated heterocycles. The van der Waals surface area contributed by atoms with Gasteiger partial charge in [0.25, 0.3) is 0 Å². The number of hydrogen-bond donors (Lipinski definition) is 2. The van der Waals surface area contributed by atoms with Crippen LogP contribution in [0.25, 0.3) is 0 Å². The highest BCUT2D eigenvalue weighted by molar-refractivity contribution is 6.22. The second kappa shape index (κ2) is 2.54. The first-order valence-electron chi connectivity index (χ1n) is 2.79. The van der Waals surface area contributed by atoms with E-state index in [1.165, 1.54) is 0 Å². The van der Waals surface area contributed by atoms with E-state index in [0.717, 1.165) is 0 Å². The van der Waals surface area contributed by atoms with E-state index in [2.05, 4.69) is 5.32 Å². The van der Waals surface area contributed by atoms with Gasteiger partial charge >= 0.3 is 5.97 Å². The fourth-order valence-corrected chi connectivity index (χ4v) is 1.19. The summed E-state index contributed by atoms with van der Waals surface area (Å²) in [6.07, 6.45) is 0. The fourth-order valence-electron chi connectivity index (χ4n) is 0.889. The predicted molar refractivity (Wildman–Crippen MR) is 33.6 cm³/mol. The molecule has 0 saturated carbocycles. The third-order valence-electron chi connectivity index (χ3n) is 1.46. The summed E-state index contributed by atoms with van der Waals surface area (Å²) in [7, 11) is 0. The molecule has 0 radical (unpaired) electrons. The van der Waals surface area contributed by atoms with Crippen LogP contribution in [0.1, 0.15) is 0 Å². The maximum Gasteiger partial charge on any atom is 0.309 e. The molecule has 1 aliphatic heterocycles. The maximum absolute atomic E-state index is 10.3. The third kappa shape index (κ3) is 1.34. The van der Waals surface area contributed by atoms with Gasteiger partial charge in [0.05, 0.1) is 11.3 Å². The minimum atomic E-state index is -0.806. The molecule has 52 valence electrons. The molecule has 1 fully saturated rings. The van der Waals surface area contributed by atoms with Crippen LogP contribution in [-0.4, -0.2) is 29.5 Å². The standard InChI is InChI=1S/C5H8ClNO2/c6-4-2-7-1-3(4)5(8)9/h3-4,7H,1-2H2,(H,8,9). The molecule has 2 unspecified atom stereocenters. The number of carbonyl (C=O) groups is 1. The molecule has 1 rings (SSSR count). The van der Waals surface area contributed by atoms with Crippen LogP contribution < -0.4 is 5.32 Å². The van der Waals surface area contributed by atoms with Crippen molar-refractivity contribution in [2.24, 2.45) is 5.92 Å². The number of aliphatic carboxylic acids is 1. The molecule has 0 aliphatic carbocycles. The van der Waals surface area contributed by atoms with Crippen LogP contribution in [0.5, 0.6) is 0 Å². The van der Waals surface area contributed by atoms with Gasteiger partial charge in [-0.3, -0.25) is 4.79 Å². The Hall–Kier alpha value is -0.280. The molecule has 0 amide bonds. The van der Waals surface area contributed by atoms with E-state index < -0.39 is 11.9 Å². The van der Waals surface area contributed by atoms with Crippen molar-refractivity contribution in [1.82, 2.24) is 5.32 Å². The maximum atomic E-state index is 10.3. The quantitative estimate of drug-likeness (QED) is 0.512. The Bertz CT molecular complexity index is 128. The van der Waals surface area contributed by atoms with Crippen molar-refractivity contribution < 1.29 is 9.90 Å². The van der Waals surface area contributed by atoms with E-state index >= 15 is 0 Å². The van der Waals surface area contributed by atoms with Crippen LogP contribution in [0.2, 0.25) is 0 Å². The van der Waals surface area contributed by atoms with Gasteiger partial charge < -0.3 is 10.4 Å². The summed E-state index contributed by atoms with van der Waals surface area (Å²) in [5, 5.41) is 11.1. The number of halogens is 1. The zero-order chi connectivity index (χ0) is 6.85. The van der Waals surface area contributed by atoms with Crippen molar-refractivity contribution in [3.63, 3.8) is 0 Å². The Morgan fingerprint density at radius 1 is 1.67 bits per heavy atom. The summed E-state index contributed by atoms with van der Waals surface area (Å²) in [6.45, 7) is 1.11. The van der Waals surface area contributed by atoms with Gasteiger partial charge in [-0.25, -0.2) is 0 Å². The van der Waals surface area contributed by atoms with Crippen molar-refractivity contribution in [3.8, 4) is 0 Å². The highest BCUT2D eigenvalue weighted by atomic mass is 35.5. The molecule has 2 atom stereocenters. The summed E-state index contributed by atoms with van der Waals surface area (Å²) >= 11 is 5.63. The second-order valence-corrected chi connectivity index (χ2v) is 2.68. The smallest absolute Gasteiger partial charge is 0.309 e. The zero-order valence-electron chi connectivity index (χ0n) is 4.80. The molecule has 3 nitrogen and oxygen atoms in total. The van der Waals surface area contributed by atoms with Crippen LogP contribution >= 0.6 is 11.6 Å². The highest BCUT2D eigenvalue weighted by Gasteiger charge is 2.30. The lowest BCUT2D eigenvalue weighted by atomic mass is 10.1. The number of carboxylic acids is 1. The van der Waals surface area contributed by atoms with Crippen molar-refractivity contribution >= 4 is 17.6 Å². The summed E-state index contributed by atoms with van der Waals surface area (Å²) in [5.41, 5.74) is 0. The van der Waals surface area contributed by atoms with E-state index in [9.17, 15) is 4.79 Å². The topological polar surface area (TPSA) is 49.3 Å². The first-order chi connectivity index (χ1) is 4.22. The molecular formula is C5H8ClNO2. The monoisotopic (exact) mass is 149 g/mol. The molecule has 4 heteroatoms. The molecule has 0 aromatic rings. The first kappa shape index (κ1) is 6.83. The molecule has 0 aromatic carbocycles. The Morgan fingerprint density at radius 3 is 2.56 bits per heavy atom. The van der Waals surface area contributed by atoms with Crippen LogP contribution in [0, 0.1) is 5.92 Å². The van der Waals surface area contributed by atoms with E-state index in [-0.39, 0.29) is 5.38 Å². The van der Waals surface area contributed by atoms with E-state index in [1.54, 1.807) is 0 Å². The molecule has 0 spiro atoms. The van der Waals surface area contributed by atoms with Gasteiger partial charge in [0, 0.05) is 13.1 Å². The third-order valence-corrected chi connectivity index (χ3v) is 1.92. The normalized spacial score (nSPS) is 34.8. The van der Waals surface area contributed by atoms with Crippen LogP contribution in [0.15, 0.2) is 0 Å². The number of alkyl halides is 1. The van der Waals surface area contributed by atoms with Gasteiger partial charge in [0.1, 0.15) is 0 Å². The van der Waals surface area contributed by atoms with Crippen LogP contribution in [0.4, 0.5) is 0 Å². The van der Waals surface area contributed by atoms with Gasteiger partial charge in [-0.2, -0.15) is 0 Å². The highest BCUT2D eigenvalue weighted by Crippen LogP contribution is 2.14. The van der Waals surface area contributed by atoms with Gasteiger partial charge in [-0.15, -0.1) is 11.6 Å². The first-order valence-corrected chi connectivity index (χ1v) is 3.23. The van der Waals surface area contributed by atoms with E-state index in [1.807, 2.05) is 0 Å². The SMILES string of the molecule is O=C(O)C1CNCC1Cl. The van der Waals surface area contributed by atoms with E-state index in [4.69, 9.17) is 16.7 Å². The van der Waals surface area contributed by atoms with Crippen LogP contribution in [0.3, 0.4) is 0 Å². The van der Waals surface area contributed by atoms with Crippen LogP contribution in [-0.2, 0) is 4.79 Å². The van der Waals surface area contributed by atoms with Crippen molar-refractivity contribution in [2.45, 2.75) is 5.38 Å². The Labute approximate surface area is 58.0 Å². The minimum Gasteiger partial charge on any atom is -0.481 e. The Balaban J connectivity index is 2.49. The summed E-state index contributed by atoms with van der Waals surface area (Å²) in [5.74, 6) is -1.20. The van der Waals surface area contributed by atoms with E-state index in [0.29, 0.717) is 13.1 Å². The lowest BCUT2D eigenvalue weighted by molar-refractivity contribution is -0.140. The predicted octanol–water partition coefficient (Wildman–Crippen LogP) is -0.102. The Kier molecular flexibility index (Phi) is 1.93. The average molecular weight is 150 g/mol. The fraction of sp³-hybridized carbons (Fsp3) is 0.800. The lowest BCUT2D eigenvalue weighted by Crippen LogP contribution is -2.22. The van der Waals surface area contributed by atoms with Crippen molar-refractivity contribution in [2.75, 3.05) is 13.1 Å². The van der Waals surface area contributed by atoms with Gasteiger partial charge in [0.15, 0.2) is 0 Å². The van der Waals surface area contributed by atoms with Gasteiger partial charge in [0.2, 0.25) is 0 Å². The second-order valence-electron chi connectivity index (χ2n) is 2.12. The average Bonchev–Trinajstić information content (AvgIpc) is 2.13. The molecule has 1 heterocycles. The summed E-state index contributed by atoms with van der Waals surface area (Å²) in [4.78, 5) is 10.3. The number of hydrogen-bond acceptors (Lipinski definition) is 2. The zero-order valence-corrected chi connectivity index (χ0v) is 5.56. The van der Waals surface area contributed by atoms with Gasteiger partial charge in [-0.1, -0.05) is 0 Å². The summed E-state index contributed by atoms with van der Waals surface area (Å²) in [6, 6.07) is 0. The number of nitrogens with one attached hydrogen (secondary N) is 1. The number of carboxylic acid groups (broad SMARTS) is 1. The molecule has 9 heavy (non-hydrogen) atoms. The van der Waals surface area contributed by atoms with Crippen molar-refractivity contribution in [1.29, 1.82) is 0 Å². The molecule has 1 aliphatic rings. The Morgan fingerprint density at radius 2 is 2.33 bits per heavy atom. The molecular weight excluding hydrogens is 142 g/mol.